The normalized spacial score (nSPS) is 14.2. The first kappa shape index (κ1) is 17.7. The molecule has 1 rings (SSSR count). The van der Waals surface area contributed by atoms with Crippen molar-refractivity contribution in [3.05, 3.63) is 29.3 Å². The first-order chi connectivity index (χ1) is 9.62. The molecule has 118 valence electrons. The monoisotopic (exact) mass is 289 g/mol. The van der Waals surface area contributed by atoms with Crippen molar-refractivity contribution in [2.45, 2.75) is 73.0 Å². The Labute approximate surface area is 130 Å². The summed E-state index contributed by atoms with van der Waals surface area (Å²) in [6.45, 7) is 17.3. The third kappa shape index (κ3) is 5.18. The summed E-state index contributed by atoms with van der Waals surface area (Å²) in [7, 11) is 0. The molecule has 0 amide bonds. The Morgan fingerprint density at radius 2 is 1.67 bits per heavy atom. The van der Waals surface area contributed by atoms with Gasteiger partial charge in [0.15, 0.2) is 0 Å². The molecule has 0 N–H and O–H groups in total. The Morgan fingerprint density at radius 3 is 2.14 bits per heavy atom. The van der Waals surface area contributed by atoms with Gasteiger partial charge in [-0.25, -0.2) is 0 Å². The van der Waals surface area contributed by atoms with Gasteiger partial charge in [0.2, 0.25) is 0 Å². The smallest absolute Gasteiger partial charge is 0.132 e. The summed E-state index contributed by atoms with van der Waals surface area (Å²) >= 11 is 0. The van der Waals surface area contributed by atoms with E-state index in [2.05, 4.69) is 78.6 Å². The highest BCUT2D eigenvalue weighted by Gasteiger charge is 2.22. The number of hydrogen-bond acceptors (Lipinski definition) is 2. The standard InChI is InChI=1S/C19H31NO/c1-13(2)15(5)21-18-16(12-20-14(3)4)10-9-11-17(18)19(6,7)8/h9-15H,1-8H3/b20-12+. The molecule has 21 heavy (non-hydrogen) atoms. The molecule has 1 aromatic rings. The zero-order chi connectivity index (χ0) is 16.2. The van der Waals surface area contributed by atoms with Crippen LogP contribution in [0.25, 0.3) is 0 Å². The van der Waals surface area contributed by atoms with Crippen LogP contribution in [0.1, 0.15) is 66.5 Å². The van der Waals surface area contributed by atoms with Crippen molar-refractivity contribution in [2.24, 2.45) is 10.9 Å². The number of rotatable bonds is 5. The Hall–Kier alpha value is -1.31. The Balaban J connectivity index is 3.30. The van der Waals surface area contributed by atoms with Gasteiger partial charge in [0, 0.05) is 23.4 Å². The summed E-state index contributed by atoms with van der Waals surface area (Å²) in [6, 6.07) is 6.63. The summed E-state index contributed by atoms with van der Waals surface area (Å²) < 4.78 is 6.31. The maximum atomic E-state index is 6.31. The molecule has 0 bridgehead atoms. The minimum absolute atomic E-state index is 0.0493. The van der Waals surface area contributed by atoms with E-state index in [0.717, 1.165) is 11.3 Å². The van der Waals surface area contributed by atoms with Crippen LogP contribution in [0.5, 0.6) is 5.75 Å². The largest absolute Gasteiger partial charge is 0.489 e. The number of aliphatic imine (C=N–C) groups is 1. The van der Waals surface area contributed by atoms with E-state index in [4.69, 9.17) is 4.74 Å². The molecule has 0 aliphatic heterocycles. The maximum Gasteiger partial charge on any atom is 0.132 e. The van der Waals surface area contributed by atoms with Crippen molar-refractivity contribution in [2.75, 3.05) is 0 Å². The molecule has 1 aromatic carbocycles. The van der Waals surface area contributed by atoms with Gasteiger partial charge in [0.25, 0.3) is 0 Å². The first-order valence-corrected chi connectivity index (χ1v) is 7.96. The van der Waals surface area contributed by atoms with Crippen molar-refractivity contribution in [3.8, 4) is 5.75 Å². The lowest BCUT2D eigenvalue weighted by Crippen LogP contribution is -2.23. The third-order valence-electron chi connectivity index (χ3n) is 3.61. The van der Waals surface area contributed by atoms with E-state index < -0.39 is 0 Å². The molecule has 0 aliphatic rings. The molecule has 0 saturated heterocycles. The molecule has 1 unspecified atom stereocenters. The second kappa shape index (κ2) is 7.11. The molecule has 0 saturated carbocycles. The second-order valence-electron chi connectivity index (χ2n) is 7.41. The molecular formula is C19H31NO. The van der Waals surface area contributed by atoms with E-state index in [0.29, 0.717) is 12.0 Å². The zero-order valence-corrected chi connectivity index (χ0v) is 14.9. The lowest BCUT2D eigenvalue weighted by molar-refractivity contribution is 0.166. The molecule has 0 heterocycles. The van der Waals surface area contributed by atoms with Crippen molar-refractivity contribution in [1.29, 1.82) is 0 Å². The molecule has 0 spiro atoms. The van der Waals surface area contributed by atoms with Gasteiger partial charge in [0.05, 0.1) is 6.10 Å². The van der Waals surface area contributed by atoms with E-state index in [9.17, 15) is 0 Å². The Bertz CT molecular complexity index is 481. The second-order valence-corrected chi connectivity index (χ2v) is 7.41. The molecule has 2 heteroatoms. The average molecular weight is 289 g/mol. The average Bonchev–Trinajstić information content (AvgIpc) is 2.35. The molecule has 0 fully saturated rings. The van der Waals surface area contributed by atoms with Gasteiger partial charge in [0.1, 0.15) is 5.75 Å². The van der Waals surface area contributed by atoms with E-state index in [1.807, 2.05) is 6.21 Å². The van der Waals surface area contributed by atoms with Crippen LogP contribution >= 0.6 is 0 Å². The van der Waals surface area contributed by atoms with Gasteiger partial charge in [-0.3, -0.25) is 4.99 Å². The number of benzene rings is 1. The first-order valence-electron chi connectivity index (χ1n) is 7.96. The van der Waals surface area contributed by atoms with Crippen LogP contribution in [-0.4, -0.2) is 18.4 Å². The Kier molecular flexibility index (Phi) is 6.00. The number of hydrogen-bond donors (Lipinski definition) is 0. The van der Waals surface area contributed by atoms with Gasteiger partial charge in [-0.1, -0.05) is 46.8 Å². The van der Waals surface area contributed by atoms with Crippen LogP contribution < -0.4 is 4.74 Å². The zero-order valence-electron chi connectivity index (χ0n) is 14.9. The fraction of sp³-hybridized carbons (Fsp3) is 0.632. The van der Waals surface area contributed by atoms with E-state index >= 15 is 0 Å². The Morgan fingerprint density at radius 1 is 1.05 bits per heavy atom. The molecule has 0 radical (unpaired) electrons. The molecule has 0 aromatic heterocycles. The lowest BCUT2D eigenvalue weighted by Gasteiger charge is -2.27. The van der Waals surface area contributed by atoms with Crippen molar-refractivity contribution in [3.63, 3.8) is 0 Å². The van der Waals surface area contributed by atoms with Crippen molar-refractivity contribution in [1.82, 2.24) is 0 Å². The highest BCUT2D eigenvalue weighted by atomic mass is 16.5. The number of para-hydroxylation sites is 1. The van der Waals surface area contributed by atoms with E-state index in [1.165, 1.54) is 5.56 Å². The van der Waals surface area contributed by atoms with Crippen LogP contribution in [-0.2, 0) is 5.41 Å². The molecule has 0 aliphatic carbocycles. The predicted molar refractivity (Wildman–Crippen MR) is 92.8 cm³/mol. The highest BCUT2D eigenvalue weighted by molar-refractivity contribution is 5.84. The minimum Gasteiger partial charge on any atom is -0.489 e. The van der Waals surface area contributed by atoms with Gasteiger partial charge in [-0.05, 0) is 38.2 Å². The van der Waals surface area contributed by atoms with Gasteiger partial charge < -0.3 is 4.74 Å². The van der Waals surface area contributed by atoms with Gasteiger partial charge in [-0.2, -0.15) is 0 Å². The summed E-state index contributed by atoms with van der Waals surface area (Å²) in [5.41, 5.74) is 2.36. The summed E-state index contributed by atoms with van der Waals surface area (Å²) in [6.07, 6.45) is 2.13. The fourth-order valence-corrected chi connectivity index (χ4v) is 1.93. The van der Waals surface area contributed by atoms with Crippen LogP contribution in [0, 0.1) is 5.92 Å². The molecule has 2 nitrogen and oxygen atoms in total. The van der Waals surface area contributed by atoms with Gasteiger partial charge >= 0.3 is 0 Å². The van der Waals surface area contributed by atoms with E-state index in [1.54, 1.807) is 0 Å². The predicted octanol–water partition coefficient (Wildman–Crippen LogP) is 5.23. The number of nitrogens with zero attached hydrogens (tertiary/aromatic N) is 1. The van der Waals surface area contributed by atoms with Gasteiger partial charge in [-0.15, -0.1) is 0 Å². The van der Waals surface area contributed by atoms with Crippen LogP contribution in [0.4, 0.5) is 0 Å². The molecule has 1 atom stereocenters. The van der Waals surface area contributed by atoms with Crippen molar-refractivity contribution >= 4 is 6.21 Å². The van der Waals surface area contributed by atoms with E-state index in [-0.39, 0.29) is 11.5 Å². The maximum absolute atomic E-state index is 6.31. The fourth-order valence-electron chi connectivity index (χ4n) is 1.93. The third-order valence-corrected chi connectivity index (χ3v) is 3.61. The summed E-state index contributed by atoms with van der Waals surface area (Å²) in [5, 5.41) is 0. The number of ether oxygens (including phenoxy) is 1. The quantitative estimate of drug-likeness (QED) is 0.680. The van der Waals surface area contributed by atoms with Crippen LogP contribution in [0.2, 0.25) is 0 Å². The lowest BCUT2D eigenvalue weighted by atomic mass is 9.85. The summed E-state index contributed by atoms with van der Waals surface area (Å²) in [4.78, 5) is 4.53. The van der Waals surface area contributed by atoms with Crippen LogP contribution in [0.3, 0.4) is 0 Å². The van der Waals surface area contributed by atoms with Crippen LogP contribution in [0.15, 0.2) is 23.2 Å². The van der Waals surface area contributed by atoms with Crippen molar-refractivity contribution < 1.29 is 4.74 Å². The minimum atomic E-state index is 0.0493. The SMILES string of the molecule is CC(C)/N=C/c1cccc(C(C)(C)C)c1OC(C)C(C)C. The molecular weight excluding hydrogens is 258 g/mol. The summed E-state index contributed by atoms with van der Waals surface area (Å²) in [5.74, 6) is 1.46. The topological polar surface area (TPSA) is 21.6 Å². The highest BCUT2D eigenvalue weighted by Crippen LogP contribution is 2.34.